The van der Waals surface area contributed by atoms with Crippen LogP contribution in [-0.4, -0.2) is 31.6 Å². The van der Waals surface area contributed by atoms with Gasteiger partial charge < -0.3 is 10.2 Å². The highest BCUT2D eigenvalue weighted by Crippen LogP contribution is 2.27. The normalized spacial score (nSPS) is 15.6. The lowest BCUT2D eigenvalue weighted by atomic mass is 9.85. The topological polar surface area (TPSA) is 15.3 Å². The molecule has 20 heavy (non-hydrogen) atoms. The molecule has 2 rings (SSSR count). The molecule has 0 aromatic heterocycles. The fraction of sp³-hybridized carbons (Fsp3) is 0.667. The number of nitrogens with zero attached hydrogens (tertiary/aromatic N) is 1. The van der Waals surface area contributed by atoms with Crippen LogP contribution >= 0.6 is 0 Å². The molecular weight excluding hydrogens is 244 g/mol. The van der Waals surface area contributed by atoms with Crippen molar-refractivity contribution in [1.29, 1.82) is 0 Å². The van der Waals surface area contributed by atoms with Gasteiger partial charge in [-0.3, -0.25) is 0 Å². The zero-order valence-electron chi connectivity index (χ0n) is 13.2. The van der Waals surface area contributed by atoms with Crippen molar-refractivity contribution in [3.05, 3.63) is 35.4 Å². The third-order valence-corrected chi connectivity index (χ3v) is 4.29. The summed E-state index contributed by atoms with van der Waals surface area (Å²) in [6.07, 6.45) is 6.67. The maximum absolute atomic E-state index is 3.46. The molecular formula is C18H30N2. The minimum atomic E-state index is 0.962. The average Bonchev–Trinajstić information content (AvgIpc) is 2.41. The summed E-state index contributed by atoms with van der Waals surface area (Å²) in [5.41, 5.74) is 2.89. The summed E-state index contributed by atoms with van der Waals surface area (Å²) in [5.74, 6) is 0.962. The first-order valence-electron chi connectivity index (χ1n) is 8.25. The Labute approximate surface area is 124 Å². The van der Waals surface area contributed by atoms with E-state index >= 15 is 0 Å². The van der Waals surface area contributed by atoms with Crippen LogP contribution < -0.4 is 5.32 Å². The molecule has 0 heterocycles. The van der Waals surface area contributed by atoms with E-state index in [1.54, 1.807) is 0 Å². The predicted octanol–water partition coefficient (Wildman–Crippen LogP) is 3.46. The molecule has 1 aromatic carbocycles. The van der Waals surface area contributed by atoms with Gasteiger partial charge in [0.05, 0.1) is 0 Å². The molecule has 1 N–H and O–H groups in total. The molecule has 112 valence electrons. The SMILES string of the molecule is CCCNCCc1ccc(CN(C)CC2CCC2)cc1. The van der Waals surface area contributed by atoms with Gasteiger partial charge in [0.15, 0.2) is 0 Å². The summed E-state index contributed by atoms with van der Waals surface area (Å²) in [5, 5.41) is 3.46. The second-order valence-electron chi connectivity index (χ2n) is 6.31. The van der Waals surface area contributed by atoms with Crippen LogP contribution in [-0.2, 0) is 13.0 Å². The van der Waals surface area contributed by atoms with E-state index in [4.69, 9.17) is 0 Å². The zero-order valence-corrected chi connectivity index (χ0v) is 13.2. The van der Waals surface area contributed by atoms with E-state index in [0.29, 0.717) is 0 Å². The molecule has 0 unspecified atom stereocenters. The highest BCUT2D eigenvalue weighted by Gasteiger charge is 2.18. The molecule has 2 heteroatoms. The number of hydrogen-bond acceptors (Lipinski definition) is 2. The molecule has 1 saturated carbocycles. The van der Waals surface area contributed by atoms with E-state index in [1.807, 2.05) is 0 Å². The van der Waals surface area contributed by atoms with Gasteiger partial charge in [-0.25, -0.2) is 0 Å². The van der Waals surface area contributed by atoms with Crippen LogP contribution in [0.15, 0.2) is 24.3 Å². The van der Waals surface area contributed by atoms with Crippen molar-refractivity contribution in [2.24, 2.45) is 5.92 Å². The number of nitrogens with one attached hydrogen (secondary N) is 1. The van der Waals surface area contributed by atoms with Crippen molar-refractivity contribution in [2.75, 3.05) is 26.7 Å². The Kier molecular flexibility index (Phi) is 6.55. The molecule has 0 saturated heterocycles. The molecule has 0 radical (unpaired) electrons. The first-order chi connectivity index (χ1) is 9.78. The van der Waals surface area contributed by atoms with E-state index in [1.165, 1.54) is 43.4 Å². The Bertz CT molecular complexity index is 368. The van der Waals surface area contributed by atoms with Crippen LogP contribution in [0.25, 0.3) is 0 Å². The maximum Gasteiger partial charge on any atom is 0.0230 e. The van der Waals surface area contributed by atoms with Crippen LogP contribution in [0.3, 0.4) is 0 Å². The minimum absolute atomic E-state index is 0.962. The summed E-state index contributed by atoms with van der Waals surface area (Å²) in [6.45, 7) is 6.79. The van der Waals surface area contributed by atoms with Crippen LogP contribution in [0.4, 0.5) is 0 Å². The van der Waals surface area contributed by atoms with Crippen LogP contribution in [0.1, 0.15) is 43.7 Å². The third-order valence-electron chi connectivity index (χ3n) is 4.29. The smallest absolute Gasteiger partial charge is 0.0230 e. The summed E-state index contributed by atoms with van der Waals surface area (Å²) in [4.78, 5) is 2.47. The Morgan fingerprint density at radius 1 is 1.10 bits per heavy atom. The molecule has 0 amide bonds. The van der Waals surface area contributed by atoms with E-state index in [0.717, 1.165) is 32.0 Å². The fourth-order valence-corrected chi connectivity index (χ4v) is 2.84. The molecule has 0 aliphatic heterocycles. The Hall–Kier alpha value is -0.860. The largest absolute Gasteiger partial charge is 0.316 e. The Balaban J connectivity index is 1.70. The Morgan fingerprint density at radius 3 is 2.40 bits per heavy atom. The lowest BCUT2D eigenvalue weighted by Gasteiger charge is -2.30. The summed E-state index contributed by atoms with van der Waals surface area (Å²) < 4.78 is 0. The standard InChI is InChI=1S/C18H30N2/c1-3-12-19-13-11-16-7-9-18(10-8-16)15-20(2)14-17-5-4-6-17/h7-10,17,19H,3-6,11-15H2,1-2H3. The van der Waals surface area contributed by atoms with E-state index < -0.39 is 0 Å². The van der Waals surface area contributed by atoms with Gasteiger partial charge in [-0.15, -0.1) is 0 Å². The number of rotatable bonds is 9. The first-order valence-corrected chi connectivity index (χ1v) is 8.25. The van der Waals surface area contributed by atoms with Gasteiger partial charge >= 0.3 is 0 Å². The van der Waals surface area contributed by atoms with E-state index in [2.05, 4.69) is 48.5 Å². The van der Waals surface area contributed by atoms with Gasteiger partial charge in [0, 0.05) is 13.1 Å². The Morgan fingerprint density at radius 2 is 1.80 bits per heavy atom. The molecule has 0 atom stereocenters. The van der Waals surface area contributed by atoms with Crippen molar-refractivity contribution in [2.45, 2.75) is 45.6 Å². The van der Waals surface area contributed by atoms with Crippen molar-refractivity contribution < 1.29 is 0 Å². The van der Waals surface area contributed by atoms with Crippen LogP contribution in [0.2, 0.25) is 0 Å². The lowest BCUT2D eigenvalue weighted by Crippen LogP contribution is -2.29. The highest BCUT2D eigenvalue weighted by atomic mass is 15.1. The second-order valence-corrected chi connectivity index (χ2v) is 6.31. The highest BCUT2D eigenvalue weighted by molar-refractivity contribution is 5.22. The summed E-state index contributed by atoms with van der Waals surface area (Å²) in [7, 11) is 2.25. The van der Waals surface area contributed by atoms with Gasteiger partial charge in [-0.2, -0.15) is 0 Å². The molecule has 1 aliphatic carbocycles. The lowest BCUT2D eigenvalue weighted by molar-refractivity contribution is 0.200. The van der Waals surface area contributed by atoms with Gasteiger partial charge in [-0.1, -0.05) is 37.6 Å². The second kappa shape index (κ2) is 8.43. The number of benzene rings is 1. The van der Waals surface area contributed by atoms with Crippen LogP contribution in [0.5, 0.6) is 0 Å². The third kappa shape index (κ3) is 5.26. The molecule has 1 aromatic rings. The van der Waals surface area contributed by atoms with Gasteiger partial charge in [0.1, 0.15) is 0 Å². The molecule has 2 nitrogen and oxygen atoms in total. The average molecular weight is 274 g/mol. The number of hydrogen-bond donors (Lipinski definition) is 1. The maximum atomic E-state index is 3.46. The molecule has 1 fully saturated rings. The van der Waals surface area contributed by atoms with Gasteiger partial charge in [-0.05, 0) is 62.9 Å². The van der Waals surface area contributed by atoms with Crippen molar-refractivity contribution >= 4 is 0 Å². The fourth-order valence-electron chi connectivity index (χ4n) is 2.84. The van der Waals surface area contributed by atoms with Crippen molar-refractivity contribution in [1.82, 2.24) is 10.2 Å². The van der Waals surface area contributed by atoms with E-state index in [-0.39, 0.29) is 0 Å². The predicted molar refractivity (Wildman–Crippen MR) is 87.0 cm³/mol. The molecule has 0 spiro atoms. The van der Waals surface area contributed by atoms with Crippen LogP contribution in [0, 0.1) is 5.92 Å². The zero-order chi connectivity index (χ0) is 14.2. The van der Waals surface area contributed by atoms with Gasteiger partial charge in [0.2, 0.25) is 0 Å². The monoisotopic (exact) mass is 274 g/mol. The first kappa shape index (κ1) is 15.5. The van der Waals surface area contributed by atoms with Crippen molar-refractivity contribution in [3.8, 4) is 0 Å². The molecule has 0 bridgehead atoms. The summed E-state index contributed by atoms with van der Waals surface area (Å²) >= 11 is 0. The summed E-state index contributed by atoms with van der Waals surface area (Å²) in [6, 6.07) is 9.18. The van der Waals surface area contributed by atoms with E-state index in [9.17, 15) is 0 Å². The van der Waals surface area contributed by atoms with Gasteiger partial charge in [0.25, 0.3) is 0 Å². The quantitative estimate of drug-likeness (QED) is 0.694. The minimum Gasteiger partial charge on any atom is -0.316 e. The molecule has 1 aliphatic rings. The van der Waals surface area contributed by atoms with Crippen molar-refractivity contribution in [3.63, 3.8) is 0 Å².